The van der Waals surface area contributed by atoms with Crippen molar-refractivity contribution in [1.82, 2.24) is 25.5 Å². The van der Waals surface area contributed by atoms with Crippen molar-refractivity contribution in [2.75, 3.05) is 12.3 Å². The lowest BCUT2D eigenvalue weighted by Crippen LogP contribution is -2.72. The number of aromatic nitrogens is 2. The number of carboxylic acids is 1. The lowest BCUT2D eigenvalue weighted by atomic mass is 9.79. The number of fused-ring (bicyclic) bond motifs is 1. The molecule has 0 aliphatic carbocycles. The molecule has 3 amide bonds. The number of aliphatic carboxylic acids is 1. The molecule has 6 N–H and O–H groups in total. The van der Waals surface area contributed by atoms with Gasteiger partial charge in [-0.15, -0.1) is 11.3 Å². The van der Waals surface area contributed by atoms with Gasteiger partial charge in [0.05, 0.1) is 6.04 Å². The second-order valence-electron chi connectivity index (χ2n) is 8.51. The van der Waals surface area contributed by atoms with E-state index in [2.05, 4.69) is 25.8 Å². The van der Waals surface area contributed by atoms with Gasteiger partial charge in [-0.3, -0.25) is 24.3 Å². The molecule has 2 atom stereocenters. The van der Waals surface area contributed by atoms with Gasteiger partial charge in [0.15, 0.2) is 10.8 Å². The normalized spacial score (nSPS) is 22.8. The highest BCUT2D eigenvalue weighted by Gasteiger charge is 2.54. The molecule has 2 aromatic heterocycles. The zero-order valence-corrected chi connectivity index (χ0v) is 20.0. The molecule has 3 aliphatic heterocycles. The van der Waals surface area contributed by atoms with Gasteiger partial charge in [-0.05, 0) is 48.1 Å². The van der Waals surface area contributed by atoms with Crippen LogP contribution in [-0.2, 0) is 19.2 Å². The highest BCUT2D eigenvalue weighted by Crippen LogP contribution is 2.43. The highest BCUT2D eigenvalue weighted by molar-refractivity contribution is 7.13. The Bertz CT molecular complexity index is 1410. The smallest absolute Gasteiger partial charge is 0.352 e. The summed E-state index contributed by atoms with van der Waals surface area (Å²) in [6.07, 6.45) is 4.09. The van der Waals surface area contributed by atoms with E-state index < -0.39 is 35.6 Å². The number of oxime groups is 1. The summed E-state index contributed by atoms with van der Waals surface area (Å²) >= 11 is 1.05. The fourth-order valence-corrected chi connectivity index (χ4v) is 5.48. The summed E-state index contributed by atoms with van der Waals surface area (Å²) in [4.78, 5) is 60.0. The number of carboxylic acid groups (broad SMARTS) is 1. The molecule has 0 unspecified atom stereocenters. The monoisotopic (exact) mass is 523 g/mol. The molecule has 3 aliphatic rings. The maximum atomic E-state index is 13.2. The van der Waals surface area contributed by atoms with Crippen LogP contribution in [0.3, 0.4) is 0 Å². The lowest BCUT2D eigenvalue weighted by Gasteiger charge is -2.50. The van der Waals surface area contributed by atoms with Crippen LogP contribution >= 0.6 is 11.3 Å². The second-order valence-corrected chi connectivity index (χ2v) is 9.40. The molecule has 0 aromatic carbocycles. The van der Waals surface area contributed by atoms with Crippen molar-refractivity contribution in [1.29, 1.82) is 0 Å². The van der Waals surface area contributed by atoms with E-state index in [4.69, 9.17) is 5.73 Å². The zero-order chi connectivity index (χ0) is 26.3. The van der Waals surface area contributed by atoms with Crippen molar-refractivity contribution in [3.63, 3.8) is 0 Å². The summed E-state index contributed by atoms with van der Waals surface area (Å²) in [6, 6.07) is 1.72. The van der Waals surface area contributed by atoms with Gasteiger partial charge in [-0.1, -0.05) is 5.16 Å². The van der Waals surface area contributed by atoms with Gasteiger partial charge in [0.2, 0.25) is 5.91 Å². The Labute approximate surface area is 213 Å². The highest BCUT2D eigenvalue weighted by atomic mass is 32.1. The molecular weight excluding hydrogens is 502 g/mol. The zero-order valence-electron chi connectivity index (χ0n) is 19.2. The third-order valence-electron chi connectivity index (χ3n) is 6.51. The quantitative estimate of drug-likeness (QED) is 0.114. The number of pyridine rings is 1. The summed E-state index contributed by atoms with van der Waals surface area (Å²) < 4.78 is 0. The van der Waals surface area contributed by atoms with Crippen LogP contribution in [0, 0.1) is 0 Å². The first kappa shape index (κ1) is 24.1. The van der Waals surface area contributed by atoms with Gasteiger partial charge in [0.1, 0.15) is 17.4 Å². The minimum atomic E-state index is -1.32. The maximum absolute atomic E-state index is 13.2. The summed E-state index contributed by atoms with van der Waals surface area (Å²) in [5, 5.41) is 29.4. The lowest BCUT2D eigenvalue weighted by molar-refractivity contribution is -0.155. The summed E-state index contributed by atoms with van der Waals surface area (Å²) in [6.45, 7) is 0.428. The van der Waals surface area contributed by atoms with Crippen molar-refractivity contribution in [2.45, 2.75) is 31.3 Å². The predicted molar refractivity (Wildman–Crippen MR) is 130 cm³/mol. The number of rotatable bonds is 6. The SMILES string of the molecule is Nc1nc(C(=NO)C(=O)N[C@@H]2C(=O)N3C(C(=O)O)=C(C(=C4CCNC4=O)c4ccncc4)CC[C@H]23)cs1. The fourth-order valence-electron chi connectivity index (χ4n) is 4.93. The van der Waals surface area contributed by atoms with E-state index >= 15 is 0 Å². The molecule has 2 aromatic rings. The van der Waals surface area contributed by atoms with E-state index in [9.17, 15) is 29.5 Å². The van der Waals surface area contributed by atoms with Crippen LogP contribution in [-0.4, -0.2) is 73.2 Å². The Hall–Kier alpha value is -4.59. The van der Waals surface area contributed by atoms with Crippen LogP contribution in [0.25, 0.3) is 5.57 Å². The Kier molecular flexibility index (Phi) is 6.17. The van der Waals surface area contributed by atoms with Crippen LogP contribution in [0.1, 0.15) is 30.5 Å². The topological polar surface area (TPSA) is 200 Å². The molecule has 190 valence electrons. The molecule has 2 saturated heterocycles. The third-order valence-corrected chi connectivity index (χ3v) is 7.19. The Balaban J connectivity index is 1.48. The maximum Gasteiger partial charge on any atom is 0.352 e. The van der Waals surface area contributed by atoms with Crippen LogP contribution in [0.4, 0.5) is 5.13 Å². The summed E-state index contributed by atoms with van der Waals surface area (Å²) in [5.41, 5.74) is 6.90. The molecule has 2 fully saturated rings. The first-order chi connectivity index (χ1) is 17.8. The van der Waals surface area contributed by atoms with Gasteiger partial charge >= 0.3 is 5.97 Å². The van der Waals surface area contributed by atoms with E-state index in [1.807, 2.05) is 0 Å². The molecular formula is C23H21N7O6S. The number of carbonyl (C=O) groups is 4. The fraction of sp³-hybridized carbons (Fsp3) is 0.261. The number of β-lactam (4-membered cyclic amide) rings is 1. The van der Waals surface area contributed by atoms with Gasteiger partial charge in [-0.2, -0.15) is 0 Å². The second kappa shape index (κ2) is 9.46. The number of nitrogens with one attached hydrogen (secondary N) is 2. The molecule has 5 heterocycles. The number of thiazole rings is 1. The predicted octanol–water partition coefficient (Wildman–Crippen LogP) is 0.100. The minimum absolute atomic E-state index is 0.0478. The number of amides is 3. The number of nitrogen functional groups attached to an aromatic ring is 1. The van der Waals surface area contributed by atoms with E-state index in [0.717, 1.165) is 16.2 Å². The van der Waals surface area contributed by atoms with E-state index in [1.165, 1.54) is 5.38 Å². The number of hydrogen-bond donors (Lipinski definition) is 5. The summed E-state index contributed by atoms with van der Waals surface area (Å²) in [7, 11) is 0. The average Bonchev–Trinajstić information content (AvgIpc) is 3.51. The van der Waals surface area contributed by atoms with Crippen molar-refractivity contribution < 1.29 is 29.5 Å². The van der Waals surface area contributed by atoms with Crippen LogP contribution in [0.5, 0.6) is 0 Å². The first-order valence-corrected chi connectivity index (χ1v) is 12.2. The third kappa shape index (κ3) is 4.10. The van der Waals surface area contributed by atoms with Gasteiger partial charge < -0.3 is 26.7 Å². The van der Waals surface area contributed by atoms with E-state index in [-0.39, 0.29) is 28.9 Å². The molecule has 5 rings (SSSR count). The van der Waals surface area contributed by atoms with Crippen molar-refractivity contribution in [3.05, 3.63) is 58.0 Å². The standard InChI is InChI=1S/C23H21N7O6S/c24-23-27-13(9-37-23)16(29-36)20(32)28-17-14-2-1-11(18(22(34)35)30(14)21(17)33)15(10-3-6-25-7-4-10)12-5-8-26-19(12)31/h3-4,6-7,9,14,17,36H,1-2,5,8H2,(H2,24,27)(H,26,31)(H,28,32)(H,34,35)/t14-,17+/m1/s1. The molecule has 0 saturated carbocycles. The number of carbonyl (C=O) groups excluding carboxylic acids is 3. The largest absolute Gasteiger partial charge is 0.477 e. The van der Waals surface area contributed by atoms with Gasteiger partial charge in [0.25, 0.3) is 11.8 Å². The minimum Gasteiger partial charge on any atom is -0.477 e. The van der Waals surface area contributed by atoms with Crippen molar-refractivity contribution >= 4 is 51.4 Å². The Morgan fingerprint density at radius 3 is 2.59 bits per heavy atom. The molecule has 13 nitrogen and oxygen atoms in total. The van der Waals surface area contributed by atoms with Crippen LogP contribution in [0.2, 0.25) is 0 Å². The summed E-state index contributed by atoms with van der Waals surface area (Å²) in [5.74, 6) is -3.08. The average molecular weight is 524 g/mol. The Morgan fingerprint density at radius 1 is 1.24 bits per heavy atom. The van der Waals surface area contributed by atoms with Crippen LogP contribution in [0.15, 0.2) is 51.9 Å². The first-order valence-electron chi connectivity index (χ1n) is 11.3. The number of allylic oxidation sites excluding steroid dienone is 2. The Morgan fingerprint density at radius 2 is 2.00 bits per heavy atom. The number of hydrogen-bond acceptors (Lipinski definition) is 10. The molecule has 14 heteroatoms. The van der Waals surface area contributed by atoms with Crippen LogP contribution < -0.4 is 16.4 Å². The number of nitrogens with two attached hydrogens (primary N) is 1. The molecule has 0 spiro atoms. The van der Waals surface area contributed by atoms with Crippen molar-refractivity contribution in [3.8, 4) is 0 Å². The molecule has 0 radical (unpaired) electrons. The number of anilines is 1. The van der Waals surface area contributed by atoms with Gasteiger partial charge in [0, 0.05) is 29.9 Å². The van der Waals surface area contributed by atoms with Crippen molar-refractivity contribution in [2.24, 2.45) is 5.16 Å². The number of nitrogens with zero attached hydrogens (tertiary/aromatic N) is 4. The van der Waals surface area contributed by atoms with E-state index in [0.29, 0.717) is 41.7 Å². The molecule has 37 heavy (non-hydrogen) atoms. The van der Waals surface area contributed by atoms with E-state index in [1.54, 1.807) is 24.5 Å². The van der Waals surface area contributed by atoms with Gasteiger partial charge in [-0.25, -0.2) is 9.78 Å². The molecule has 0 bridgehead atoms.